The maximum Gasteiger partial charge on any atom is 0.258 e. The van der Waals surface area contributed by atoms with Crippen molar-refractivity contribution >= 4 is 17.4 Å². The van der Waals surface area contributed by atoms with E-state index in [-0.39, 0.29) is 5.56 Å². The fourth-order valence-electron chi connectivity index (χ4n) is 3.69. The van der Waals surface area contributed by atoms with Crippen LogP contribution in [-0.4, -0.2) is 72.9 Å². The molecule has 0 spiro atoms. The third kappa shape index (κ3) is 7.73. The average molecular weight is 463 g/mol. The molecule has 0 aliphatic carbocycles. The van der Waals surface area contributed by atoms with Crippen molar-refractivity contribution in [2.75, 3.05) is 56.2 Å². The third-order valence-electron chi connectivity index (χ3n) is 5.32. The van der Waals surface area contributed by atoms with Crippen molar-refractivity contribution in [3.8, 4) is 0 Å². The van der Waals surface area contributed by atoms with Gasteiger partial charge in [0.2, 0.25) is 0 Å². The molecule has 7 nitrogen and oxygen atoms in total. The van der Waals surface area contributed by atoms with E-state index >= 15 is 0 Å². The number of hydrogen-bond donors (Lipinski definition) is 2. The van der Waals surface area contributed by atoms with Crippen LogP contribution in [0.2, 0.25) is 0 Å². The molecular formula is C24H32F2N4O3. The number of ether oxygens (including phenoxy) is 1. The number of nitrogens with zero attached hydrogens (tertiary/aromatic N) is 3. The van der Waals surface area contributed by atoms with E-state index < -0.39 is 23.6 Å². The van der Waals surface area contributed by atoms with Gasteiger partial charge in [0.15, 0.2) is 0 Å². The first-order valence-electron chi connectivity index (χ1n) is 11.3. The molecule has 3 rings (SSSR count). The molecule has 1 aliphatic rings. The van der Waals surface area contributed by atoms with Gasteiger partial charge < -0.3 is 20.1 Å². The van der Waals surface area contributed by atoms with Gasteiger partial charge in [-0.25, -0.2) is 13.8 Å². The summed E-state index contributed by atoms with van der Waals surface area (Å²) in [5.74, 6) is -1.09. The Morgan fingerprint density at radius 2 is 1.97 bits per heavy atom. The van der Waals surface area contributed by atoms with Gasteiger partial charge in [-0.3, -0.25) is 9.69 Å². The maximum absolute atomic E-state index is 13.8. The lowest BCUT2D eigenvalue weighted by molar-refractivity contribution is 0.00917. The summed E-state index contributed by atoms with van der Waals surface area (Å²) in [6.45, 7) is 8.99. The predicted octanol–water partition coefficient (Wildman–Crippen LogP) is 3.16. The molecule has 1 saturated heterocycles. The Labute approximate surface area is 193 Å². The van der Waals surface area contributed by atoms with Gasteiger partial charge in [-0.15, -0.1) is 0 Å². The Morgan fingerprint density at radius 1 is 1.15 bits per heavy atom. The number of nitrogens with one attached hydrogen (secondary N) is 1. The average Bonchev–Trinajstić information content (AvgIpc) is 2.99. The van der Waals surface area contributed by atoms with Gasteiger partial charge in [0.25, 0.3) is 5.91 Å². The van der Waals surface area contributed by atoms with Crippen molar-refractivity contribution < 1.29 is 23.4 Å². The van der Waals surface area contributed by atoms with Gasteiger partial charge in [-0.05, 0) is 43.1 Å². The molecule has 1 aliphatic heterocycles. The second-order valence-corrected chi connectivity index (χ2v) is 8.71. The second kappa shape index (κ2) is 12.0. The van der Waals surface area contributed by atoms with Crippen LogP contribution in [0.5, 0.6) is 0 Å². The van der Waals surface area contributed by atoms with Crippen LogP contribution < -0.4 is 10.2 Å². The van der Waals surface area contributed by atoms with E-state index in [1.807, 2.05) is 0 Å². The molecule has 1 aromatic carbocycles. The summed E-state index contributed by atoms with van der Waals surface area (Å²) in [5, 5.41) is 12.8. The van der Waals surface area contributed by atoms with E-state index in [0.29, 0.717) is 37.4 Å². The number of carbonyl (C=O) groups is 1. The SMILES string of the molecule is CC(C)COC[C@@H](O)CN1CCCN(c2ccc(NC(=O)c3ccc(F)cc3F)cn2)CC1. The highest BCUT2D eigenvalue weighted by Crippen LogP contribution is 2.18. The maximum atomic E-state index is 13.8. The largest absolute Gasteiger partial charge is 0.389 e. The first-order chi connectivity index (χ1) is 15.8. The van der Waals surface area contributed by atoms with E-state index in [1.165, 1.54) is 6.20 Å². The molecule has 9 heteroatoms. The summed E-state index contributed by atoms with van der Waals surface area (Å²) in [6.07, 6.45) is 1.94. The number of pyridine rings is 1. The van der Waals surface area contributed by atoms with Crippen LogP contribution >= 0.6 is 0 Å². The molecule has 0 saturated carbocycles. The smallest absolute Gasteiger partial charge is 0.258 e. The normalized spacial score (nSPS) is 16.0. The van der Waals surface area contributed by atoms with Crippen molar-refractivity contribution in [3.63, 3.8) is 0 Å². The van der Waals surface area contributed by atoms with Crippen molar-refractivity contribution in [1.29, 1.82) is 0 Å². The fraction of sp³-hybridized carbons (Fsp3) is 0.500. The number of hydrogen-bond acceptors (Lipinski definition) is 6. The number of anilines is 2. The van der Waals surface area contributed by atoms with Crippen LogP contribution in [0, 0.1) is 17.6 Å². The van der Waals surface area contributed by atoms with E-state index in [2.05, 4.69) is 33.9 Å². The standard InChI is InChI=1S/C24H32F2N4O3/c1-17(2)15-33-16-20(31)14-29-8-3-9-30(11-10-29)23-7-5-19(13-27-23)28-24(32)21-6-4-18(25)12-22(21)26/h4-7,12-13,17,20,31H,3,8-11,14-16H2,1-2H3,(H,28,32)/t20-/m0/s1. The van der Waals surface area contributed by atoms with Crippen molar-refractivity contribution in [1.82, 2.24) is 9.88 Å². The molecule has 0 radical (unpaired) electrons. The van der Waals surface area contributed by atoms with Crippen LogP contribution in [-0.2, 0) is 4.74 Å². The van der Waals surface area contributed by atoms with Gasteiger partial charge in [0.05, 0.1) is 30.2 Å². The van der Waals surface area contributed by atoms with Crippen LogP contribution in [0.15, 0.2) is 36.5 Å². The lowest BCUT2D eigenvalue weighted by Crippen LogP contribution is -2.38. The number of aromatic nitrogens is 1. The Bertz CT molecular complexity index is 911. The topological polar surface area (TPSA) is 77.9 Å². The summed E-state index contributed by atoms with van der Waals surface area (Å²) in [7, 11) is 0. The molecule has 1 atom stereocenters. The number of benzene rings is 1. The Hall–Kier alpha value is -2.62. The Morgan fingerprint density at radius 3 is 2.67 bits per heavy atom. The Balaban J connectivity index is 1.50. The van der Waals surface area contributed by atoms with Gasteiger partial charge in [-0.1, -0.05) is 13.8 Å². The predicted molar refractivity (Wildman–Crippen MR) is 123 cm³/mol. The van der Waals surface area contributed by atoms with E-state index in [0.717, 1.165) is 50.6 Å². The highest BCUT2D eigenvalue weighted by Gasteiger charge is 2.19. The third-order valence-corrected chi connectivity index (χ3v) is 5.32. The zero-order valence-corrected chi connectivity index (χ0v) is 19.1. The summed E-state index contributed by atoms with van der Waals surface area (Å²) in [6, 6.07) is 6.34. The highest BCUT2D eigenvalue weighted by molar-refractivity contribution is 6.04. The minimum Gasteiger partial charge on any atom is -0.389 e. The number of amides is 1. The van der Waals surface area contributed by atoms with Gasteiger partial charge >= 0.3 is 0 Å². The van der Waals surface area contributed by atoms with Gasteiger partial charge in [0.1, 0.15) is 17.5 Å². The lowest BCUT2D eigenvalue weighted by atomic mass is 10.2. The zero-order valence-electron chi connectivity index (χ0n) is 19.1. The highest BCUT2D eigenvalue weighted by atomic mass is 19.1. The van der Waals surface area contributed by atoms with E-state index in [1.54, 1.807) is 12.1 Å². The molecule has 33 heavy (non-hydrogen) atoms. The minimum atomic E-state index is -0.914. The molecule has 180 valence electrons. The molecule has 2 N–H and O–H groups in total. The summed E-state index contributed by atoms with van der Waals surface area (Å²) < 4.78 is 32.4. The first kappa shape index (κ1) is 25.0. The molecular weight excluding hydrogens is 430 g/mol. The number of aliphatic hydroxyl groups is 1. The molecule has 1 fully saturated rings. The summed E-state index contributed by atoms with van der Waals surface area (Å²) in [5.41, 5.74) is 0.193. The number of β-amino-alcohol motifs (C(OH)–C–C–N with tert-alkyl or cyclic N) is 1. The van der Waals surface area contributed by atoms with Crippen LogP contribution in [0.4, 0.5) is 20.3 Å². The van der Waals surface area contributed by atoms with Crippen molar-refractivity contribution in [3.05, 3.63) is 53.7 Å². The molecule has 1 aromatic heterocycles. The Kier molecular flexibility index (Phi) is 9.11. The van der Waals surface area contributed by atoms with Crippen LogP contribution in [0.1, 0.15) is 30.6 Å². The number of halogens is 2. The quantitative estimate of drug-likeness (QED) is 0.596. The number of carbonyl (C=O) groups excluding carboxylic acids is 1. The monoisotopic (exact) mass is 462 g/mol. The van der Waals surface area contributed by atoms with Crippen LogP contribution in [0.25, 0.3) is 0 Å². The molecule has 2 heterocycles. The molecule has 1 amide bonds. The zero-order chi connectivity index (χ0) is 23.8. The number of rotatable bonds is 9. The van der Waals surface area contributed by atoms with Crippen molar-refractivity contribution in [2.45, 2.75) is 26.4 Å². The molecule has 0 unspecified atom stereocenters. The van der Waals surface area contributed by atoms with E-state index in [4.69, 9.17) is 4.74 Å². The lowest BCUT2D eigenvalue weighted by Gasteiger charge is -2.24. The van der Waals surface area contributed by atoms with E-state index in [9.17, 15) is 18.7 Å². The summed E-state index contributed by atoms with van der Waals surface area (Å²) in [4.78, 5) is 21.1. The van der Waals surface area contributed by atoms with Gasteiger partial charge in [0, 0.05) is 38.9 Å². The first-order valence-corrected chi connectivity index (χ1v) is 11.3. The molecule has 0 bridgehead atoms. The van der Waals surface area contributed by atoms with Crippen molar-refractivity contribution in [2.24, 2.45) is 5.92 Å². The molecule has 2 aromatic rings. The van der Waals surface area contributed by atoms with Gasteiger partial charge in [-0.2, -0.15) is 0 Å². The minimum absolute atomic E-state index is 0.232. The fourth-order valence-corrected chi connectivity index (χ4v) is 3.69. The summed E-state index contributed by atoms with van der Waals surface area (Å²) >= 11 is 0. The number of aliphatic hydroxyl groups excluding tert-OH is 1. The van der Waals surface area contributed by atoms with Crippen LogP contribution in [0.3, 0.4) is 0 Å². The second-order valence-electron chi connectivity index (χ2n) is 8.71.